The van der Waals surface area contributed by atoms with E-state index in [-0.39, 0.29) is 0 Å². The zero-order chi connectivity index (χ0) is 14.5. The van der Waals surface area contributed by atoms with E-state index in [0.717, 1.165) is 31.7 Å². The van der Waals surface area contributed by atoms with Crippen molar-refractivity contribution in [3.05, 3.63) is 23.5 Å². The van der Waals surface area contributed by atoms with E-state index in [4.69, 9.17) is 4.74 Å². The number of methoxy groups -OCH3 is 1. The van der Waals surface area contributed by atoms with Crippen molar-refractivity contribution in [3.63, 3.8) is 0 Å². The van der Waals surface area contributed by atoms with Gasteiger partial charge in [0.25, 0.3) is 0 Å². The lowest BCUT2D eigenvalue weighted by atomic mass is 10.1. The molecule has 1 unspecified atom stereocenters. The van der Waals surface area contributed by atoms with E-state index in [1.165, 1.54) is 17.7 Å². The molecule has 0 saturated carbocycles. The molecule has 112 valence electrons. The summed E-state index contributed by atoms with van der Waals surface area (Å²) in [7, 11) is 1.81. The van der Waals surface area contributed by atoms with E-state index in [1.807, 2.05) is 13.3 Å². The smallest absolute Gasteiger partial charge is 0.0746 e. The van der Waals surface area contributed by atoms with E-state index in [0.29, 0.717) is 12.1 Å². The van der Waals surface area contributed by atoms with E-state index < -0.39 is 0 Å². The van der Waals surface area contributed by atoms with Crippen LogP contribution in [-0.4, -0.2) is 37.3 Å². The van der Waals surface area contributed by atoms with Gasteiger partial charge in [-0.2, -0.15) is 0 Å². The molecule has 1 aromatic rings. The van der Waals surface area contributed by atoms with Crippen molar-refractivity contribution < 1.29 is 4.74 Å². The summed E-state index contributed by atoms with van der Waals surface area (Å²) in [4.78, 5) is 6.90. The van der Waals surface area contributed by atoms with Gasteiger partial charge >= 0.3 is 0 Å². The van der Waals surface area contributed by atoms with E-state index in [2.05, 4.69) is 42.0 Å². The topological polar surface area (TPSA) is 37.4 Å². The highest BCUT2D eigenvalue weighted by Gasteiger charge is 2.21. The van der Waals surface area contributed by atoms with Gasteiger partial charge in [0.15, 0.2) is 0 Å². The van der Waals surface area contributed by atoms with Gasteiger partial charge in [-0.1, -0.05) is 13.8 Å². The Kier molecular flexibility index (Phi) is 5.38. The number of aryl methyl sites for hydroxylation is 1. The van der Waals surface area contributed by atoms with Crippen LogP contribution >= 0.6 is 0 Å². The molecule has 4 heteroatoms. The Labute approximate surface area is 122 Å². The lowest BCUT2D eigenvalue weighted by molar-refractivity contribution is 0.0893. The molecule has 1 atom stereocenters. The van der Waals surface area contributed by atoms with Crippen molar-refractivity contribution in [2.45, 2.75) is 52.3 Å². The van der Waals surface area contributed by atoms with Gasteiger partial charge in [-0.15, -0.1) is 0 Å². The van der Waals surface area contributed by atoms with Gasteiger partial charge in [0, 0.05) is 55.9 Å². The normalized spacial score (nSPS) is 19.6. The average Bonchev–Trinajstić information content (AvgIpc) is 2.46. The third-order valence-corrected chi connectivity index (χ3v) is 3.85. The maximum absolute atomic E-state index is 5.54. The molecule has 0 aliphatic carbocycles. The van der Waals surface area contributed by atoms with E-state index in [1.54, 1.807) is 0 Å². The van der Waals surface area contributed by atoms with Crippen molar-refractivity contribution in [2.75, 3.05) is 25.1 Å². The Morgan fingerprint density at radius 3 is 3.00 bits per heavy atom. The molecule has 0 radical (unpaired) electrons. The fourth-order valence-electron chi connectivity index (χ4n) is 2.67. The first-order chi connectivity index (χ1) is 9.60. The van der Waals surface area contributed by atoms with Gasteiger partial charge in [0.05, 0.1) is 6.10 Å². The number of rotatable bonds is 5. The highest BCUT2D eigenvalue weighted by Crippen LogP contribution is 2.25. The Balaban J connectivity index is 2.17. The molecule has 1 fully saturated rings. The highest BCUT2D eigenvalue weighted by molar-refractivity contribution is 5.54. The molecule has 4 nitrogen and oxygen atoms in total. The molecule has 1 aromatic heterocycles. The summed E-state index contributed by atoms with van der Waals surface area (Å²) in [6.45, 7) is 9.36. The van der Waals surface area contributed by atoms with E-state index >= 15 is 0 Å². The van der Waals surface area contributed by atoms with Gasteiger partial charge in [0.2, 0.25) is 0 Å². The van der Waals surface area contributed by atoms with Crippen LogP contribution in [0.15, 0.2) is 12.3 Å². The summed E-state index contributed by atoms with van der Waals surface area (Å²) in [5.41, 5.74) is 3.67. The molecule has 2 rings (SSSR count). The van der Waals surface area contributed by atoms with Crippen molar-refractivity contribution in [2.24, 2.45) is 0 Å². The first-order valence-corrected chi connectivity index (χ1v) is 7.56. The predicted molar refractivity (Wildman–Crippen MR) is 83.2 cm³/mol. The molecule has 1 aliphatic rings. The third-order valence-electron chi connectivity index (χ3n) is 3.85. The number of hydrogen-bond donors (Lipinski definition) is 1. The second kappa shape index (κ2) is 7.04. The standard InChI is InChI=1S/C16H27N3O/c1-12(2)17-9-14-10-18-13(3)8-16(14)19-7-5-6-15(11-19)20-4/h8,10,12,15,17H,5-7,9,11H2,1-4H3. The quantitative estimate of drug-likeness (QED) is 0.897. The van der Waals surface area contributed by atoms with Crippen LogP contribution in [0, 0.1) is 6.92 Å². The molecule has 0 bridgehead atoms. The predicted octanol–water partition coefficient (Wildman–Crippen LogP) is 2.50. The monoisotopic (exact) mass is 277 g/mol. The van der Waals surface area contributed by atoms with Crippen LogP contribution in [-0.2, 0) is 11.3 Å². The summed E-state index contributed by atoms with van der Waals surface area (Å²) in [5, 5.41) is 3.49. The number of nitrogens with zero attached hydrogens (tertiary/aromatic N) is 2. The Bertz CT molecular complexity index is 434. The molecule has 0 aromatic carbocycles. The van der Waals surface area contributed by atoms with Crippen LogP contribution in [0.3, 0.4) is 0 Å². The fourth-order valence-corrected chi connectivity index (χ4v) is 2.67. The number of ether oxygens (including phenoxy) is 1. The maximum Gasteiger partial charge on any atom is 0.0746 e. The number of pyridine rings is 1. The highest BCUT2D eigenvalue weighted by atomic mass is 16.5. The van der Waals surface area contributed by atoms with Crippen LogP contribution in [0.4, 0.5) is 5.69 Å². The summed E-state index contributed by atoms with van der Waals surface area (Å²) in [6, 6.07) is 2.69. The minimum absolute atomic E-state index is 0.350. The molecule has 20 heavy (non-hydrogen) atoms. The van der Waals surface area contributed by atoms with Crippen molar-refractivity contribution in [1.29, 1.82) is 0 Å². The Morgan fingerprint density at radius 1 is 1.50 bits per heavy atom. The van der Waals surface area contributed by atoms with Crippen LogP contribution in [0.2, 0.25) is 0 Å². The number of aromatic nitrogens is 1. The number of anilines is 1. The molecule has 0 spiro atoms. The second-order valence-corrected chi connectivity index (χ2v) is 5.94. The van der Waals surface area contributed by atoms with Gasteiger partial charge in [-0.05, 0) is 25.8 Å². The Hall–Kier alpha value is -1.13. The summed E-state index contributed by atoms with van der Waals surface area (Å²) < 4.78 is 5.54. The molecular weight excluding hydrogens is 250 g/mol. The number of hydrogen-bond acceptors (Lipinski definition) is 4. The van der Waals surface area contributed by atoms with Crippen LogP contribution in [0.1, 0.15) is 37.9 Å². The first-order valence-electron chi connectivity index (χ1n) is 7.56. The lowest BCUT2D eigenvalue weighted by Crippen LogP contribution is -2.40. The molecule has 1 saturated heterocycles. The van der Waals surface area contributed by atoms with Gasteiger partial charge in [0.1, 0.15) is 0 Å². The molecule has 0 amide bonds. The summed E-state index contributed by atoms with van der Waals surface area (Å²) >= 11 is 0. The molecule has 2 heterocycles. The zero-order valence-electron chi connectivity index (χ0n) is 13.1. The van der Waals surface area contributed by atoms with Gasteiger partial charge in [-0.3, -0.25) is 4.98 Å². The van der Waals surface area contributed by atoms with E-state index in [9.17, 15) is 0 Å². The third kappa shape index (κ3) is 3.93. The first kappa shape index (κ1) is 15.3. The van der Waals surface area contributed by atoms with Gasteiger partial charge < -0.3 is 15.0 Å². The maximum atomic E-state index is 5.54. The largest absolute Gasteiger partial charge is 0.380 e. The number of piperidine rings is 1. The van der Waals surface area contributed by atoms with Crippen LogP contribution in [0.5, 0.6) is 0 Å². The lowest BCUT2D eigenvalue weighted by Gasteiger charge is -2.35. The SMILES string of the molecule is COC1CCCN(c2cc(C)ncc2CNC(C)C)C1. The van der Waals surface area contributed by atoms with Crippen molar-refractivity contribution >= 4 is 5.69 Å². The van der Waals surface area contributed by atoms with Crippen LogP contribution < -0.4 is 10.2 Å². The minimum atomic E-state index is 0.350. The van der Waals surface area contributed by atoms with Crippen LogP contribution in [0.25, 0.3) is 0 Å². The minimum Gasteiger partial charge on any atom is -0.380 e. The zero-order valence-corrected chi connectivity index (χ0v) is 13.1. The number of nitrogens with one attached hydrogen (secondary N) is 1. The summed E-state index contributed by atoms with van der Waals surface area (Å²) in [6.07, 6.45) is 4.72. The molecule has 1 N–H and O–H groups in total. The second-order valence-electron chi connectivity index (χ2n) is 5.94. The van der Waals surface area contributed by atoms with Crippen molar-refractivity contribution in [1.82, 2.24) is 10.3 Å². The Morgan fingerprint density at radius 2 is 2.30 bits per heavy atom. The molecular formula is C16H27N3O. The average molecular weight is 277 g/mol. The molecule has 1 aliphatic heterocycles. The summed E-state index contributed by atoms with van der Waals surface area (Å²) in [5.74, 6) is 0. The van der Waals surface area contributed by atoms with Gasteiger partial charge in [-0.25, -0.2) is 0 Å². The fraction of sp³-hybridized carbons (Fsp3) is 0.688. The van der Waals surface area contributed by atoms with Crippen molar-refractivity contribution in [3.8, 4) is 0 Å².